The molecule has 1 atom stereocenters. The van der Waals surface area contributed by atoms with Crippen molar-refractivity contribution in [2.24, 2.45) is 0 Å². The summed E-state index contributed by atoms with van der Waals surface area (Å²) < 4.78 is 39.1. The Morgan fingerprint density at radius 3 is 2.58 bits per heavy atom. The molecule has 26 heavy (non-hydrogen) atoms. The second-order valence-electron chi connectivity index (χ2n) is 5.53. The molecule has 1 amide bonds. The Labute approximate surface area is 150 Å². The molecule has 0 spiro atoms. The van der Waals surface area contributed by atoms with Crippen LogP contribution >= 0.6 is 0 Å². The maximum atomic E-state index is 13.8. The molecule has 9 heteroatoms. The van der Waals surface area contributed by atoms with E-state index in [1.165, 1.54) is 16.9 Å². The van der Waals surface area contributed by atoms with E-state index < -0.39 is 29.9 Å². The van der Waals surface area contributed by atoms with Gasteiger partial charge in [0, 0.05) is 24.8 Å². The van der Waals surface area contributed by atoms with E-state index >= 15 is 0 Å². The van der Waals surface area contributed by atoms with Gasteiger partial charge in [-0.15, -0.1) is 5.10 Å². The van der Waals surface area contributed by atoms with Crippen molar-refractivity contribution in [2.75, 3.05) is 13.2 Å². The van der Waals surface area contributed by atoms with Crippen molar-refractivity contribution in [3.63, 3.8) is 0 Å². The summed E-state index contributed by atoms with van der Waals surface area (Å²) in [7, 11) is 0. The molecule has 0 aliphatic heterocycles. The average molecular weight is 368 g/mol. The van der Waals surface area contributed by atoms with E-state index in [9.17, 15) is 13.6 Å². The monoisotopic (exact) mass is 368 g/mol. The number of benzene rings is 1. The third kappa shape index (κ3) is 5.30. The highest BCUT2D eigenvalue weighted by molar-refractivity contribution is 5.92. The maximum absolute atomic E-state index is 13.8. The van der Waals surface area contributed by atoms with Crippen molar-refractivity contribution in [3.05, 3.63) is 47.3 Å². The van der Waals surface area contributed by atoms with Gasteiger partial charge < -0.3 is 14.8 Å². The van der Waals surface area contributed by atoms with Gasteiger partial charge in [-0.25, -0.2) is 13.5 Å². The summed E-state index contributed by atoms with van der Waals surface area (Å²) >= 11 is 0. The standard InChI is InChI=1S/C17H22F2N4O3/c1-4-25-16(26-5-2)10-23-9-15(21-22-23)17(24)20-11(3)13-7-6-12(18)8-14(13)19/h6-9,11,16H,4-5,10H2,1-3H3,(H,20,24)/t11-/m1/s1. The minimum atomic E-state index is -0.724. The van der Waals surface area contributed by atoms with Crippen LogP contribution in [0.15, 0.2) is 24.4 Å². The molecule has 1 N–H and O–H groups in total. The number of aromatic nitrogens is 3. The number of ether oxygens (including phenoxy) is 2. The number of carbonyl (C=O) groups is 1. The first-order valence-corrected chi connectivity index (χ1v) is 8.33. The molecule has 1 aromatic heterocycles. The lowest BCUT2D eigenvalue weighted by molar-refractivity contribution is -0.145. The highest BCUT2D eigenvalue weighted by Crippen LogP contribution is 2.18. The summed E-state index contributed by atoms with van der Waals surface area (Å²) in [5.41, 5.74) is 0.256. The molecule has 0 fully saturated rings. The number of hydrogen-bond donors (Lipinski definition) is 1. The Balaban J connectivity index is 2.00. The smallest absolute Gasteiger partial charge is 0.273 e. The van der Waals surface area contributed by atoms with Gasteiger partial charge in [0.1, 0.15) is 11.6 Å². The minimum Gasteiger partial charge on any atom is -0.351 e. The van der Waals surface area contributed by atoms with Crippen LogP contribution in [0.2, 0.25) is 0 Å². The van der Waals surface area contributed by atoms with Gasteiger partial charge in [0.2, 0.25) is 0 Å². The first-order valence-electron chi connectivity index (χ1n) is 8.33. The van der Waals surface area contributed by atoms with E-state index in [0.29, 0.717) is 13.2 Å². The summed E-state index contributed by atoms with van der Waals surface area (Å²) in [6.07, 6.45) is 0.962. The highest BCUT2D eigenvalue weighted by atomic mass is 19.1. The predicted molar refractivity (Wildman–Crippen MR) is 89.3 cm³/mol. The SMILES string of the molecule is CCOC(Cn1cc(C(=O)N[C@H](C)c2ccc(F)cc2F)nn1)OCC. The summed E-state index contributed by atoms with van der Waals surface area (Å²) in [4.78, 5) is 12.3. The molecule has 0 aliphatic rings. The van der Waals surface area contributed by atoms with Gasteiger partial charge >= 0.3 is 0 Å². The Morgan fingerprint density at radius 1 is 1.27 bits per heavy atom. The molecule has 0 aliphatic carbocycles. The van der Waals surface area contributed by atoms with Crippen LogP contribution in [0.25, 0.3) is 0 Å². The van der Waals surface area contributed by atoms with Crippen molar-refractivity contribution >= 4 is 5.91 Å². The Hall–Kier alpha value is -2.39. The van der Waals surface area contributed by atoms with Gasteiger partial charge in [-0.3, -0.25) is 4.79 Å². The van der Waals surface area contributed by atoms with Crippen LogP contribution in [-0.2, 0) is 16.0 Å². The van der Waals surface area contributed by atoms with E-state index in [0.717, 1.165) is 12.1 Å². The Bertz CT molecular complexity index is 733. The van der Waals surface area contributed by atoms with Gasteiger partial charge in [-0.05, 0) is 26.8 Å². The van der Waals surface area contributed by atoms with Crippen LogP contribution < -0.4 is 5.32 Å². The van der Waals surface area contributed by atoms with E-state index in [4.69, 9.17) is 9.47 Å². The molecule has 0 unspecified atom stereocenters. The zero-order valence-electron chi connectivity index (χ0n) is 14.9. The fraction of sp³-hybridized carbons (Fsp3) is 0.471. The molecule has 0 radical (unpaired) electrons. The van der Waals surface area contributed by atoms with Crippen molar-refractivity contribution in [2.45, 2.75) is 39.6 Å². The summed E-state index contributed by atoms with van der Waals surface area (Å²) in [6.45, 7) is 6.54. The Kier molecular flexibility index (Phi) is 7.16. The summed E-state index contributed by atoms with van der Waals surface area (Å²) in [6, 6.07) is 2.55. The number of carbonyl (C=O) groups excluding carboxylic acids is 1. The van der Waals surface area contributed by atoms with E-state index in [2.05, 4.69) is 15.6 Å². The first kappa shape index (κ1) is 19.9. The highest BCUT2D eigenvalue weighted by Gasteiger charge is 2.18. The molecule has 2 rings (SSSR count). The first-order chi connectivity index (χ1) is 12.4. The minimum absolute atomic E-state index is 0.0751. The fourth-order valence-corrected chi connectivity index (χ4v) is 2.37. The molecule has 7 nitrogen and oxygen atoms in total. The quantitative estimate of drug-likeness (QED) is 0.688. The third-order valence-corrected chi connectivity index (χ3v) is 3.59. The number of nitrogens with zero attached hydrogens (tertiary/aromatic N) is 3. The molecule has 0 saturated carbocycles. The Morgan fingerprint density at radius 2 is 1.96 bits per heavy atom. The van der Waals surface area contributed by atoms with Crippen LogP contribution in [-0.4, -0.2) is 40.4 Å². The number of nitrogens with one attached hydrogen (secondary N) is 1. The molecule has 1 heterocycles. The average Bonchev–Trinajstić information content (AvgIpc) is 3.03. The molecule has 2 aromatic rings. The lowest BCUT2D eigenvalue weighted by atomic mass is 10.1. The topological polar surface area (TPSA) is 78.3 Å². The van der Waals surface area contributed by atoms with Gasteiger partial charge in [0.15, 0.2) is 12.0 Å². The van der Waals surface area contributed by atoms with E-state index in [1.54, 1.807) is 6.92 Å². The van der Waals surface area contributed by atoms with Crippen molar-refractivity contribution in [1.82, 2.24) is 20.3 Å². The molecule has 1 aromatic carbocycles. The second kappa shape index (κ2) is 9.35. The fourth-order valence-electron chi connectivity index (χ4n) is 2.37. The number of rotatable bonds is 9. The number of halogens is 2. The third-order valence-electron chi connectivity index (χ3n) is 3.59. The summed E-state index contributed by atoms with van der Waals surface area (Å²) in [5.74, 6) is -1.92. The van der Waals surface area contributed by atoms with Crippen molar-refractivity contribution < 1.29 is 23.0 Å². The molecular formula is C17H22F2N4O3. The molecule has 142 valence electrons. The molecule has 0 saturated heterocycles. The van der Waals surface area contributed by atoms with Crippen LogP contribution in [0, 0.1) is 11.6 Å². The van der Waals surface area contributed by atoms with Gasteiger partial charge in [0.05, 0.1) is 18.8 Å². The zero-order valence-corrected chi connectivity index (χ0v) is 14.9. The second-order valence-corrected chi connectivity index (χ2v) is 5.53. The number of hydrogen-bond acceptors (Lipinski definition) is 5. The van der Waals surface area contributed by atoms with Gasteiger partial charge in [-0.1, -0.05) is 11.3 Å². The summed E-state index contributed by atoms with van der Waals surface area (Å²) in [5, 5.41) is 10.3. The lowest BCUT2D eigenvalue weighted by Crippen LogP contribution is -2.27. The molecular weight excluding hydrogens is 346 g/mol. The van der Waals surface area contributed by atoms with Gasteiger partial charge in [0.25, 0.3) is 5.91 Å². The molecule has 0 bridgehead atoms. The van der Waals surface area contributed by atoms with Crippen LogP contribution in [0.5, 0.6) is 0 Å². The van der Waals surface area contributed by atoms with E-state index in [1.807, 2.05) is 13.8 Å². The maximum Gasteiger partial charge on any atom is 0.273 e. The normalized spacial score (nSPS) is 12.4. The number of amides is 1. The zero-order chi connectivity index (χ0) is 19.1. The van der Waals surface area contributed by atoms with Crippen molar-refractivity contribution in [1.29, 1.82) is 0 Å². The van der Waals surface area contributed by atoms with Crippen LogP contribution in [0.1, 0.15) is 42.9 Å². The largest absolute Gasteiger partial charge is 0.351 e. The predicted octanol–water partition coefficient (Wildman–Crippen LogP) is 2.45. The van der Waals surface area contributed by atoms with Crippen LogP contribution in [0.4, 0.5) is 8.78 Å². The van der Waals surface area contributed by atoms with Crippen LogP contribution in [0.3, 0.4) is 0 Å². The van der Waals surface area contributed by atoms with Crippen molar-refractivity contribution in [3.8, 4) is 0 Å². The lowest BCUT2D eigenvalue weighted by Gasteiger charge is -2.16. The van der Waals surface area contributed by atoms with E-state index in [-0.39, 0.29) is 17.8 Å². The van der Waals surface area contributed by atoms with Gasteiger partial charge in [-0.2, -0.15) is 0 Å².